The Morgan fingerprint density at radius 1 is 0.889 bits per heavy atom. The van der Waals surface area contributed by atoms with E-state index in [0.29, 0.717) is 6.04 Å². The molecule has 0 saturated heterocycles. The van der Waals surface area contributed by atoms with Crippen LogP contribution >= 0.6 is 0 Å². The van der Waals surface area contributed by atoms with Crippen LogP contribution in [0.2, 0.25) is 0 Å². The van der Waals surface area contributed by atoms with Crippen molar-refractivity contribution < 1.29 is 0 Å². The summed E-state index contributed by atoms with van der Waals surface area (Å²) in [5, 5.41) is 2.61. The van der Waals surface area contributed by atoms with E-state index in [2.05, 4.69) is 82.0 Å². The molecule has 2 aromatic carbocycles. The van der Waals surface area contributed by atoms with Crippen molar-refractivity contribution in [2.75, 3.05) is 4.90 Å². The number of hydrogen-bond acceptors (Lipinski definition) is 1. The van der Waals surface area contributed by atoms with Crippen LogP contribution in [-0.4, -0.2) is 11.6 Å². The molecule has 0 spiro atoms. The topological polar surface area (TPSA) is 3.24 Å². The van der Waals surface area contributed by atoms with E-state index < -0.39 is 0 Å². The summed E-state index contributed by atoms with van der Waals surface area (Å²) in [6.45, 7) is 11.3. The first-order valence-electron chi connectivity index (χ1n) is 6.68. The predicted molar refractivity (Wildman–Crippen MR) is 81.3 cm³/mol. The third kappa shape index (κ3) is 2.50. The minimum absolute atomic E-state index is 0.136. The molecule has 0 heterocycles. The molecule has 0 aliphatic rings. The van der Waals surface area contributed by atoms with E-state index in [9.17, 15) is 0 Å². The van der Waals surface area contributed by atoms with E-state index >= 15 is 0 Å². The first kappa shape index (κ1) is 12.9. The summed E-state index contributed by atoms with van der Waals surface area (Å²) in [6.07, 6.45) is 0. The van der Waals surface area contributed by atoms with E-state index in [0.717, 1.165) is 0 Å². The molecule has 2 rings (SSSR count). The van der Waals surface area contributed by atoms with Crippen LogP contribution in [0.5, 0.6) is 0 Å². The number of anilines is 1. The second-order valence-electron chi connectivity index (χ2n) is 6.17. The first-order valence-corrected chi connectivity index (χ1v) is 6.68. The van der Waals surface area contributed by atoms with Gasteiger partial charge in [0.1, 0.15) is 0 Å². The Kier molecular flexibility index (Phi) is 3.34. The standard InChI is InChI=1S/C17H23N/c1-13(2)18(17(3,4)5)16-11-10-14-8-6-7-9-15(14)12-16/h6-13H,1-5H3. The molecule has 0 unspecified atom stereocenters. The summed E-state index contributed by atoms with van der Waals surface area (Å²) in [7, 11) is 0. The van der Waals surface area contributed by atoms with Gasteiger partial charge in [-0.25, -0.2) is 0 Å². The number of benzene rings is 2. The van der Waals surface area contributed by atoms with Crippen molar-refractivity contribution in [3.8, 4) is 0 Å². The van der Waals surface area contributed by atoms with Crippen LogP contribution in [0, 0.1) is 0 Å². The van der Waals surface area contributed by atoms with Crippen molar-refractivity contribution in [2.24, 2.45) is 0 Å². The van der Waals surface area contributed by atoms with Gasteiger partial charge in [0.2, 0.25) is 0 Å². The Labute approximate surface area is 110 Å². The molecule has 1 nitrogen and oxygen atoms in total. The number of hydrogen-bond donors (Lipinski definition) is 0. The van der Waals surface area contributed by atoms with Gasteiger partial charge in [-0.15, -0.1) is 0 Å². The zero-order valence-corrected chi connectivity index (χ0v) is 12.1. The van der Waals surface area contributed by atoms with E-state index in [1.807, 2.05) is 0 Å². The molecule has 0 saturated carbocycles. The molecule has 0 atom stereocenters. The van der Waals surface area contributed by atoms with Crippen LogP contribution < -0.4 is 4.90 Å². The van der Waals surface area contributed by atoms with Crippen LogP contribution in [-0.2, 0) is 0 Å². The van der Waals surface area contributed by atoms with Crippen molar-refractivity contribution in [3.05, 3.63) is 42.5 Å². The molecule has 0 radical (unpaired) electrons. The average Bonchev–Trinajstić information content (AvgIpc) is 2.26. The zero-order valence-electron chi connectivity index (χ0n) is 12.1. The van der Waals surface area contributed by atoms with E-state index in [4.69, 9.17) is 0 Å². The van der Waals surface area contributed by atoms with Gasteiger partial charge in [0, 0.05) is 17.3 Å². The normalized spacial score (nSPS) is 12.1. The van der Waals surface area contributed by atoms with Crippen LogP contribution in [0.1, 0.15) is 34.6 Å². The Morgan fingerprint density at radius 2 is 1.50 bits per heavy atom. The highest BCUT2D eigenvalue weighted by molar-refractivity contribution is 5.86. The average molecular weight is 241 g/mol. The maximum absolute atomic E-state index is 2.47. The molecule has 0 aromatic heterocycles. The summed E-state index contributed by atoms with van der Waals surface area (Å²) in [5.74, 6) is 0. The van der Waals surface area contributed by atoms with Crippen LogP contribution in [0.4, 0.5) is 5.69 Å². The minimum Gasteiger partial charge on any atom is -0.364 e. The minimum atomic E-state index is 0.136. The third-order valence-corrected chi connectivity index (χ3v) is 3.25. The number of rotatable bonds is 2. The Hall–Kier alpha value is -1.50. The molecule has 18 heavy (non-hydrogen) atoms. The summed E-state index contributed by atoms with van der Waals surface area (Å²) in [5.41, 5.74) is 1.44. The molecule has 1 heteroatoms. The number of fused-ring (bicyclic) bond motifs is 1. The fraction of sp³-hybridized carbons (Fsp3) is 0.412. The quantitative estimate of drug-likeness (QED) is 0.726. The predicted octanol–water partition coefficient (Wildman–Crippen LogP) is 4.85. The van der Waals surface area contributed by atoms with E-state index in [1.165, 1.54) is 16.5 Å². The first-order chi connectivity index (χ1) is 8.39. The second-order valence-corrected chi connectivity index (χ2v) is 6.17. The highest BCUT2D eigenvalue weighted by Gasteiger charge is 2.24. The molecule has 0 amide bonds. The summed E-state index contributed by atoms with van der Waals surface area (Å²) >= 11 is 0. The van der Waals surface area contributed by atoms with Gasteiger partial charge in [-0.05, 0) is 57.5 Å². The molecule has 96 valence electrons. The zero-order chi connectivity index (χ0) is 13.3. The third-order valence-electron chi connectivity index (χ3n) is 3.25. The van der Waals surface area contributed by atoms with Crippen LogP contribution in [0.3, 0.4) is 0 Å². The van der Waals surface area contributed by atoms with Gasteiger partial charge in [0.15, 0.2) is 0 Å². The lowest BCUT2D eigenvalue weighted by molar-refractivity contribution is 0.465. The fourth-order valence-corrected chi connectivity index (χ4v) is 2.79. The Balaban J connectivity index is 2.51. The van der Waals surface area contributed by atoms with Gasteiger partial charge >= 0.3 is 0 Å². The van der Waals surface area contributed by atoms with Gasteiger partial charge in [0.25, 0.3) is 0 Å². The molecule has 0 bridgehead atoms. The smallest absolute Gasteiger partial charge is 0.0379 e. The molecule has 0 aliphatic carbocycles. The van der Waals surface area contributed by atoms with Gasteiger partial charge in [-0.1, -0.05) is 30.3 Å². The van der Waals surface area contributed by atoms with E-state index in [-0.39, 0.29) is 5.54 Å². The summed E-state index contributed by atoms with van der Waals surface area (Å²) < 4.78 is 0. The van der Waals surface area contributed by atoms with Gasteiger partial charge < -0.3 is 4.90 Å². The highest BCUT2D eigenvalue weighted by atomic mass is 15.2. The van der Waals surface area contributed by atoms with Crippen molar-refractivity contribution in [2.45, 2.75) is 46.2 Å². The monoisotopic (exact) mass is 241 g/mol. The SMILES string of the molecule is CC(C)N(c1ccc2ccccc2c1)C(C)(C)C. The van der Waals surface area contributed by atoms with Gasteiger partial charge in [0.05, 0.1) is 0 Å². The van der Waals surface area contributed by atoms with Gasteiger partial charge in [-0.3, -0.25) is 0 Å². The highest BCUT2D eigenvalue weighted by Crippen LogP contribution is 2.29. The van der Waals surface area contributed by atoms with Crippen molar-refractivity contribution >= 4 is 16.5 Å². The lowest BCUT2D eigenvalue weighted by atomic mass is 10.0. The molecule has 0 fully saturated rings. The summed E-state index contributed by atoms with van der Waals surface area (Å²) in [6, 6.07) is 15.8. The van der Waals surface area contributed by atoms with E-state index in [1.54, 1.807) is 0 Å². The molecular formula is C17H23N. The van der Waals surface area contributed by atoms with Crippen LogP contribution in [0.15, 0.2) is 42.5 Å². The fourth-order valence-electron chi connectivity index (χ4n) is 2.79. The molecule has 2 aromatic rings. The largest absolute Gasteiger partial charge is 0.364 e. The molecule has 0 aliphatic heterocycles. The Bertz CT molecular complexity index is 535. The molecular weight excluding hydrogens is 218 g/mol. The van der Waals surface area contributed by atoms with Crippen molar-refractivity contribution in [1.29, 1.82) is 0 Å². The molecule has 0 N–H and O–H groups in total. The van der Waals surface area contributed by atoms with Crippen molar-refractivity contribution in [3.63, 3.8) is 0 Å². The maximum atomic E-state index is 2.47. The lowest BCUT2D eigenvalue weighted by Crippen LogP contribution is -2.46. The van der Waals surface area contributed by atoms with Crippen LogP contribution in [0.25, 0.3) is 10.8 Å². The Morgan fingerprint density at radius 3 is 2.06 bits per heavy atom. The summed E-state index contributed by atoms with van der Waals surface area (Å²) in [4.78, 5) is 2.47. The lowest BCUT2D eigenvalue weighted by Gasteiger charge is -2.41. The van der Waals surface area contributed by atoms with Crippen molar-refractivity contribution in [1.82, 2.24) is 0 Å². The second kappa shape index (κ2) is 4.64. The maximum Gasteiger partial charge on any atom is 0.0379 e. The van der Waals surface area contributed by atoms with Gasteiger partial charge in [-0.2, -0.15) is 0 Å². The number of nitrogens with zero attached hydrogens (tertiary/aromatic N) is 1.